The highest BCUT2D eigenvalue weighted by molar-refractivity contribution is 6.14. The number of benzene rings is 9. The molecule has 12 rings (SSSR count). The Labute approximate surface area is 331 Å². The van der Waals surface area contributed by atoms with Gasteiger partial charge in [-0.3, -0.25) is 0 Å². The van der Waals surface area contributed by atoms with E-state index in [0.717, 1.165) is 5.69 Å². The number of rotatable bonds is 4. The van der Waals surface area contributed by atoms with Crippen molar-refractivity contribution in [1.29, 1.82) is 0 Å². The SMILES string of the molecule is CC1(C)c2ccccc2-c2cc3c(cc21)c1cc(-c2ccc4c(c2)c2ccccc2n4-c2ccc4ccccc4c2)ccc1n3-c1ccc(-c2ccccc2)cc1. The maximum absolute atomic E-state index is 2.49. The van der Waals surface area contributed by atoms with Gasteiger partial charge in [0.15, 0.2) is 0 Å². The molecule has 11 aromatic rings. The van der Waals surface area contributed by atoms with Gasteiger partial charge in [-0.2, -0.15) is 0 Å². The van der Waals surface area contributed by atoms with Crippen LogP contribution in [0.2, 0.25) is 0 Å². The third-order valence-corrected chi connectivity index (χ3v) is 12.7. The fourth-order valence-electron chi connectivity index (χ4n) is 9.85. The topological polar surface area (TPSA) is 9.86 Å². The highest BCUT2D eigenvalue weighted by Crippen LogP contribution is 2.51. The van der Waals surface area contributed by atoms with Crippen LogP contribution in [0.1, 0.15) is 25.0 Å². The van der Waals surface area contributed by atoms with Crippen LogP contribution in [0.4, 0.5) is 0 Å². The molecular weight excluding hydrogens is 689 g/mol. The molecule has 1 aliphatic rings. The zero-order valence-electron chi connectivity index (χ0n) is 31.9. The summed E-state index contributed by atoms with van der Waals surface area (Å²) in [7, 11) is 0. The summed E-state index contributed by atoms with van der Waals surface area (Å²) in [5.74, 6) is 0. The fourth-order valence-corrected chi connectivity index (χ4v) is 9.85. The predicted molar refractivity (Wildman–Crippen MR) is 241 cm³/mol. The molecule has 0 fully saturated rings. The first-order valence-corrected chi connectivity index (χ1v) is 19.9. The standard InChI is InChI=1S/C55H38N2/c1-55(2)49-18-10-8-16-43(49)45-34-54-48(33-50(45)55)47-32-40(24-29-53(47)56(54)41-25-20-37(21-26-41)35-12-4-3-5-13-35)39-23-28-52-46(31-39)44-17-9-11-19-51(44)57(52)42-27-22-36-14-6-7-15-38(36)30-42/h3-34H,1-2H3. The van der Waals surface area contributed by atoms with E-state index in [1.54, 1.807) is 0 Å². The van der Waals surface area contributed by atoms with Gasteiger partial charge in [0.05, 0.1) is 22.1 Å². The van der Waals surface area contributed by atoms with Crippen molar-refractivity contribution in [2.24, 2.45) is 0 Å². The quantitative estimate of drug-likeness (QED) is 0.171. The lowest BCUT2D eigenvalue weighted by atomic mass is 9.82. The number of fused-ring (bicyclic) bond motifs is 10. The van der Waals surface area contributed by atoms with Gasteiger partial charge in [0.1, 0.15) is 0 Å². The van der Waals surface area contributed by atoms with E-state index in [0.29, 0.717) is 0 Å². The molecule has 268 valence electrons. The van der Waals surface area contributed by atoms with Crippen LogP contribution in [-0.2, 0) is 5.41 Å². The molecule has 0 unspecified atom stereocenters. The highest BCUT2D eigenvalue weighted by Gasteiger charge is 2.36. The Bertz CT molecular complexity index is 3410. The Balaban J connectivity index is 1.06. The molecule has 0 saturated carbocycles. The first-order valence-electron chi connectivity index (χ1n) is 19.9. The minimum Gasteiger partial charge on any atom is -0.309 e. The summed E-state index contributed by atoms with van der Waals surface area (Å²) >= 11 is 0. The molecule has 0 bridgehead atoms. The lowest BCUT2D eigenvalue weighted by molar-refractivity contribution is 0.661. The Morgan fingerprint density at radius 3 is 1.67 bits per heavy atom. The summed E-state index contributed by atoms with van der Waals surface area (Å²) in [4.78, 5) is 0. The zero-order chi connectivity index (χ0) is 37.8. The maximum atomic E-state index is 2.49. The Morgan fingerprint density at radius 1 is 0.316 bits per heavy atom. The summed E-state index contributed by atoms with van der Waals surface area (Å²) < 4.78 is 4.89. The number of hydrogen-bond donors (Lipinski definition) is 0. The van der Waals surface area contributed by atoms with Gasteiger partial charge in [-0.1, -0.05) is 141 Å². The van der Waals surface area contributed by atoms with Crippen LogP contribution >= 0.6 is 0 Å². The van der Waals surface area contributed by atoms with Gasteiger partial charge in [-0.05, 0) is 122 Å². The van der Waals surface area contributed by atoms with Gasteiger partial charge in [-0.15, -0.1) is 0 Å². The molecular formula is C55H38N2. The third-order valence-electron chi connectivity index (χ3n) is 12.7. The lowest BCUT2D eigenvalue weighted by Gasteiger charge is -2.21. The van der Waals surface area contributed by atoms with Crippen LogP contribution in [0.5, 0.6) is 0 Å². The van der Waals surface area contributed by atoms with Crippen molar-refractivity contribution < 1.29 is 0 Å². The molecule has 0 radical (unpaired) electrons. The van der Waals surface area contributed by atoms with Gasteiger partial charge < -0.3 is 9.13 Å². The van der Waals surface area contributed by atoms with Crippen LogP contribution in [0.25, 0.3) is 99.1 Å². The number of nitrogens with zero attached hydrogens (tertiary/aromatic N) is 2. The van der Waals surface area contributed by atoms with Gasteiger partial charge in [-0.25, -0.2) is 0 Å². The largest absolute Gasteiger partial charge is 0.309 e. The van der Waals surface area contributed by atoms with Crippen LogP contribution < -0.4 is 0 Å². The average molecular weight is 727 g/mol. The van der Waals surface area contributed by atoms with Crippen molar-refractivity contribution in [2.45, 2.75) is 19.3 Å². The van der Waals surface area contributed by atoms with Gasteiger partial charge in [0, 0.05) is 38.3 Å². The van der Waals surface area contributed by atoms with Crippen LogP contribution in [0.15, 0.2) is 194 Å². The molecule has 1 aliphatic carbocycles. The lowest BCUT2D eigenvalue weighted by Crippen LogP contribution is -2.14. The summed E-state index contributed by atoms with van der Waals surface area (Å²) in [5, 5.41) is 7.57. The predicted octanol–water partition coefficient (Wildman–Crippen LogP) is 14.7. The van der Waals surface area contributed by atoms with Gasteiger partial charge >= 0.3 is 0 Å². The molecule has 2 nitrogen and oxygen atoms in total. The van der Waals surface area contributed by atoms with Crippen molar-refractivity contribution in [1.82, 2.24) is 9.13 Å². The Hall–Kier alpha value is -7.16. The average Bonchev–Trinajstić information content (AvgIpc) is 3.85. The second-order valence-electron chi connectivity index (χ2n) is 16.2. The molecule has 0 spiro atoms. The first-order chi connectivity index (χ1) is 28.0. The minimum atomic E-state index is -0.0895. The minimum absolute atomic E-state index is 0.0895. The monoisotopic (exact) mass is 726 g/mol. The van der Waals surface area contributed by atoms with E-state index in [1.807, 2.05) is 0 Å². The second kappa shape index (κ2) is 11.9. The molecule has 2 heterocycles. The van der Waals surface area contributed by atoms with Gasteiger partial charge in [0.2, 0.25) is 0 Å². The summed E-state index contributed by atoms with van der Waals surface area (Å²) in [6.07, 6.45) is 0. The molecule has 0 saturated heterocycles. The molecule has 0 N–H and O–H groups in total. The van der Waals surface area contributed by atoms with Crippen molar-refractivity contribution >= 4 is 54.4 Å². The normalized spacial score (nSPS) is 13.2. The van der Waals surface area contributed by atoms with E-state index in [2.05, 4.69) is 217 Å². The molecule has 2 heteroatoms. The van der Waals surface area contributed by atoms with Crippen LogP contribution in [0, 0.1) is 0 Å². The van der Waals surface area contributed by atoms with E-state index >= 15 is 0 Å². The number of aromatic nitrogens is 2. The highest BCUT2D eigenvalue weighted by atomic mass is 15.0. The van der Waals surface area contributed by atoms with Crippen molar-refractivity contribution in [2.75, 3.05) is 0 Å². The van der Waals surface area contributed by atoms with Crippen molar-refractivity contribution in [3.63, 3.8) is 0 Å². The van der Waals surface area contributed by atoms with E-state index in [1.165, 1.54) is 105 Å². The number of hydrogen-bond acceptors (Lipinski definition) is 0. The van der Waals surface area contributed by atoms with Crippen molar-refractivity contribution in [3.05, 3.63) is 205 Å². The Morgan fingerprint density at radius 2 is 0.877 bits per heavy atom. The molecule has 57 heavy (non-hydrogen) atoms. The second-order valence-corrected chi connectivity index (χ2v) is 16.2. The molecule has 0 amide bonds. The summed E-state index contributed by atoms with van der Waals surface area (Å²) in [6, 6.07) is 71.9. The molecule has 0 atom stereocenters. The fraction of sp³-hybridized carbons (Fsp3) is 0.0545. The summed E-state index contributed by atoms with van der Waals surface area (Å²) in [6.45, 7) is 4.75. The van der Waals surface area contributed by atoms with E-state index < -0.39 is 0 Å². The van der Waals surface area contributed by atoms with Crippen LogP contribution in [-0.4, -0.2) is 9.13 Å². The van der Waals surface area contributed by atoms with E-state index in [9.17, 15) is 0 Å². The first kappa shape index (κ1) is 32.1. The summed E-state index contributed by atoms with van der Waals surface area (Å²) in [5.41, 5.74) is 17.5. The third kappa shape index (κ3) is 4.71. The van der Waals surface area contributed by atoms with Crippen LogP contribution in [0.3, 0.4) is 0 Å². The maximum Gasteiger partial charge on any atom is 0.0547 e. The van der Waals surface area contributed by atoms with Gasteiger partial charge in [0.25, 0.3) is 0 Å². The van der Waals surface area contributed by atoms with E-state index in [-0.39, 0.29) is 5.41 Å². The molecule has 2 aromatic heterocycles. The smallest absolute Gasteiger partial charge is 0.0547 e. The number of para-hydroxylation sites is 1. The molecule has 0 aliphatic heterocycles. The zero-order valence-corrected chi connectivity index (χ0v) is 31.9. The Kier molecular flexibility index (Phi) is 6.72. The van der Waals surface area contributed by atoms with Crippen molar-refractivity contribution in [3.8, 4) is 44.8 Å². The van der Waals surface area contributed by atoms with E-state index in [4.69, 9.17) is 0 Å². The molecule has 9 aromatic carbocycles.